The molecule has 1 rings (SSSR count). The summed E-state index contributed by atoms with van der Waals surface area (Å²) in [5.74, 6) is 1.19. The lowest BCUT2D eigenvalue weighted by molar-refractivity contribution is 0.0576. The summed E-state index contributed by atoms with van der Waals surface area (Å²) in [6, 6.07) is 5.23. The van der Waals surface area contributed by atoms with Crippen molar-refractivity contribution in [2.75, 3.05) is 7.11 Å². The lowest BCUT2D eigenvalue weighted by atomic mass is 10.1. The molecule has 0 fully saturated rings. The van der Waals surface area contributed by atoms with Gasteiger partial charge >= 0.3 is 0 Å². The van der Waals surface area contributed by atoms with Crippen LogP contribution in [0, 0.1) is 0 Å². The van der Waals surface area contributed by atoms with Gasteiger partial charge in [0.05, 0.1) is 19.3 Å². The van der Waals surface area contributed by atoms with Crippen LogP contribution in [0.3, 0.4) is 0 Å². The van der Waals surface area contributed by atoms with Crippen LogP contribution in [0.1, 0.15) is 32.4 Å². The fourth-order valence-corrected chi connectivity index (χ4v) is 1.39. The number of ether oxygens (including phenoxy) is 2. The number of hydrogen-bond donors (Lipinski definition) is 2. The molecule has 0 saturated carbocycles. The molecule has 4 heteroatoms. The molecule has 0 heterocycles. The third-order valence-electron chi connectivity index (χ3n) is 2.66. The van der Waals surface area contributed by atoms with Gasteiger partial charge < -0.3 is 19.7 Å². The van der Waals surface area contributed by atoms with Gasteiger partial charge in [-0.05, 0) is 32.9 Å². The Morgan fingerprint density at radius 3 is 2.24 bits per heavy atom. The lowest BCUT2D eigenvalue weighted by Crippen LogP contribution is -2.26. The highest BCUT2D eigenvalue weighted by molar-refractivity contribution is 5.42. The lowest BCUT2D eigenvalue weighted by Gasteiger charge is -2.21. The summed E-state index contributed by atoms with van der Waals surface area (Å²) in [6.07, 6.45) is -1.56. The third-order valence-corrected chi connectivity index (χ3v) is 2.66. The molecule has 0 spiro atoms. The zero-order valence-corrected chi connectivity index (χ0v) is 10.7. The van der Waals surface area contributed by atoms with Gasteiger partial charge in [-0.25, -0.2) is 0 Å². The fraction of sp³-hybridized carbons (Fsp3) is 0.538. The molecule has 4 nitrogen and oxygen atoms in total. The van der Waals surface area contributed by atoms with Crippen LogP contribution in [0.25, 0.3) is 0 Å². The van der Waals surface area contributed by atoms with Crippen LogP contribution < -0.4 is 9.47 Å². The van der Waals surface area contributed by atoms with Crippen LogP contribution in [0.5, 0.6) is 11.5 Å². The molecule has 3 atom stereocenters. The maximum atomic E-state index is 9.64. The first-order valence-corrected chi connectivity index (χ1v) is 5.66. The smallest absolute Gasteiger partial charge is 0.129 e. The zero-order valence-electron chi connectivity index (χ0n) is 10.7. The first kappa shape index (κ1) is 13.8. The highest BCUT2D eigenvalue weighted by atomic mass is 16.5. The Kier molecular flexibility index (Phi) is 4.78. The van der Waals surface area contributed by atoms with Crippen LogP contribution in [0.4, 0.5) is 0 Å². The van der Waals surface area contributed by atoms with E-state index >= 15 is 0 Å². The minimum absolute atomic E-state index is 0.348. The molecule has 0 bridgehead atoms. The van der Waals surface area contributed by atoms with Crippen molar-refractivity contribution >= 4 is 0 Å². The van der Waals surface area contributed by atoms with E-state index < -0.39 is 12.2 Å². The summed E-state index contributed by atoms with van der Waals surface area (Å²) < 4.78 is 10.7. The van der Waals surface area contributed by atoms with Crippen molar-refractivity contribution in [2.24, 2.45) is 0 Å². The number of aliphatic hydroxyl groups is 2. The monoisotopic (exact) mass is 240 g/mol. The Morgan fingerprint density at radius 1 is 1.12 bits per heavy atom. The Balaban J connectivity index is 3.00. The molecule has 0 aliphatic carbocycles. The molecule has 17 heavy (non-hydrogen) atoms. The number of hydrogen-bond acceptors (Lipinski definition) is 4. The highest BCUT2D eigenvalue weighted by Crippen LogP contribution is 2.30. The van der Waals surface area contributed by atoms with Crippen LogP contribution >= 0.6 is 0 Å². The first-order valence-electron chi connectivity index (χ1n) is 5.66. The van der Waals surface area contributed by atoms with Crippen molar-refractivity contribution in [1.29, 1.82) is 0 Å². The van der Waals surface area contributed by atoms with E-state index in [9.17, 15) is 10.2 Å². The molecule has 0 aliphatic rings. The van der Waals surface area contributed by atoms with E-state index in [0.717, 1.165) is 0 Å². The van der Waals surface area contributed by atoms with Gasteiger partial charge in [0.1, 0.15) is 17.6 Å². The average molecular weight is 240 g/mol. The van der Waals surface area contributed by atoms with E-state index in [1.165, 1.54) is 0 Å². The van der Waals surface area contributed by atoms with E-state index in [2.05, 4.69) is 0 Å². The molecule has 2 N–H and O–H groups in total. The zero-order chi connectivity index (χ0) is 13.0. The predicted octanol–water partition coefficient (Wildman–Crippen LogP) is 1.90. The number of rotatable bonds is 5. The van der Waals surface area contributed by atoms with Crippen molar-refractivity contribution in [3.63, 3.8) is 0 Å². The molecule has 0 aliphatic heterocycles. The van der Waals surface area contributed by atoms with Crippen LogP contribution in [0.2, 0.25) is 0 Å². The van der Waals surface area contributed by atoms with Crippen LogP contribution in [0.15, 0.2) is 18.2 Å². The largest absolute Gasteiger partial charge is 0.497 e. The predicted molar refractivity (Wildman–Crippen MR) is 65.4 cm³/mol. The van der Waals surface area contributed by atoms with Crippen molar-refractivity contribution in [3.05, 3.63) is 23.8 Å². The maximum absolute atomic E-state index is 9.64. The van der Waals surface area contributed by atoms with E-state index in [4.69, 9.17) is 9.47 Å². The number of aliphatic hydroxyl groups excluding tert-OH is 2. The van der Waals surface area contributed by atoms with Gasteiger partial charge in [-0.2, -0.15) is 0 Å². The summed E-state index contributed by atoms with van der Waals surface area (Å²) in [6.45, 7) is 5.10. The first-order chi connectivity index (χ1) is 7.95. The second-order valence-corrected chi connectivity index (χ2v) is 4.14. The summed E-state index contributed by atoms with van der Waals surface area (Å²) in [4.78, 5) is 0. The van der Waals surface area contributed by atoms with Gasteiger partial charge in [0, 0.05) is 11.6 Å². The Bertz CT molecular complexity index is 360. The van der Waals surface area contributed by atoms with E-state index in [1.807, 2.05) is 0 Å². The van der Waals surface area contributed by atoms with E-state index in [1.54, 1.807) is 46.1 Å². The third kappa shape index (κ3) is 3.61. The number of benzene rings is 1. The SMILES string of the molecule is COc1ccc([C@@H](C)O)c(OC(C)C(C)O)c1. The summed E-state index contributed by atoms with van der Waals surface area (Å²) in [5.41, 5.74) is 0.679. The minimum Gasteiger partial charge on any atom is -0.497 e. The normalized spacial score (nSPS) is 16.1. The summed E-state index contributed by atoms with van der Waals surface area (Å²) >= 11 is 0. The Labute approximate surface area is 102 Å². The Morgan fingerprint density at radius 2 is 1.76 bits per heavy atom. The van der Waals surface area contributed by atoms with E-state index in [-0.39, 0.29) is 6.10 Å². The fourth-order valence-electron chi connectivity index (χ4n) is 1.39. The molecule has 1 aromatic rings. The van der Waals surface area contributed by atoms with Crippen LogP contribution in [-0.2, 0) is 0 Å². The maximum Gasteiger partial charge on any atom is 0.129 e. The average Bonchev–Trinajstić information content (AvgIpc) is 2.28. The Hall–Kier alpha value is -1.26. The molecular formula is C13H20O4. The van der Waals surface area contributed by atoms with Gasteiger partial charge in [-0.15, -0.1) is 0 Å². The highest BCUT2D eigenvalue weighted by Gasteiger charge is 2.16. The molecule has 96 valence electrons. The topological polar surface area (TPSA) is 58.9 Å². The van der Waals surface area contributed by atoms with Gasteiger partial charge in [0.15, 0.2) is 0 Å². The molecular weight excluding hydrogens is 220 g/mol. The van der Waals surface area contributed by atoms with Crippen molar-refractivity contribution in [1.82, 2.24) is 0 Å². The quantitative estimate of drug-likeness (QED) is 0.825. The van der Waals surface area contributed by atoms with E-state index in [0.29, 0.717) is 17.1 Å². The molecule has 1 aromatic carbocycles. The standard InChI is InChI=1S/C13H20O4/c1-8(14)10(3)17-13-7-11(16-4)5-6-12(13)9(2)15/h5-10,14-15H,1-4H3/t8?,9-,10?/m1/s1. The van der Waals surface area contributed by atoms with Crippen molar-refractivity contribution < 1.29 is 19.7 Å². The van der Waals surface area contributed by atoms with Gasteiger partial charge in [0.2, 0.25) is 0 Å². The van der Waals surface area contributed by atoms with Crippen LogP contribution in [-0.4, -0.2) is 29.5 Å². The second kappa shape index (κ2) is 5.89. The van der Waals surface area contributed by atoms with Crippen molar-refractivity contribution in [3.8, 4) is 11.5 Å². The van der Waals surface area contributed by atoms with Gasteiger partial charge in [-0.3, -0.25) is 0 Å². The molecule has 0 amide bonds. The summed E-state index contributed by atoms with van der Waals surface area (Å²) in [5, 5.41) is 19.1. The second-order valence-electron chi connectivity index (χ2n) is 4.14. The van der Waals surface area contributed by atoms with Gasteiger partial charge in [-0.1, -0.05) is 0 Å². The minimum atomic E-state index is -0.628. The molecule has 0 aromatic heterocycles. The molecule has 0 radical (unpaired) electrons. The van der Waals surface area contributed by atoms with Crippen molar-refractivity contribution in [2.45, 2.75) is 39.1 Å². The van der Waals surface area contributed by atoms with Gasteiger partial charge in [0.25, 0.3) is 0 Å². The molecule has 0 saturated heterocycles. The summed E-state index contributed by atoms with van der Waals surface area (Å²) in [7, 11) is 1.57. The molecule has 2 unspecified atom stereocenters. The number of methoxy groups -OCH3 is 1.